The first kappa shape index (κ1) is 20.4. The third-order valence-electron chi connectivity index (χ3n) is 4.37. The Morgan fingerprint density at radius 3 is 2.48 bits per heavy atom. The SMILES string of the molecule is CC(=O)Nc1cccc(C(=O)NN=Cc2cc(C)n(-c3ccc(Cl)cc3)c2C)c1. The van der Waals surface area contributed by atoms with Gasteiger partial charge >= 0.3 is 0 Å². The second-order valence-corrected chi connectivity index (χ2v) is 7.04. The van der Waals surface area contributed by atoms with Crippen LogP contribution < -0.4 is 10.7 Å². The number of anilines is 1. The van der Waals surface area contributed by atoms with Crippen LogP contribution in [-0.2, 0) is 4.79 Å². The Balaban J connectivity index is 1.74. The lowest BCUT2D eigenvalue weighted by atomic mass is 10.2. The lowest BCUT2D eigenvalue weighted by molar-refractivity contribution is -0.114. The minimum absolute atomic E-state index is 0.198. The zero-order chi connectivity index (χ0) is 21.0. The van der Waals surface area contributed by atoms with Crippen LogP contribution in [0.3, 0.4) is 0 Å². The van der Waals surface area contributed by atoms with Crippen molar-refractivity contribution in [2.24, 2.45) is 5.10 Å². The highest BCUT2D eigenvalue weighted by Gasteiger charge is 2.10. The zero-order valence-electron chi connectivity index (χ0n) is 16.4. The number of nitrogens with zero attached hydrogens (tertiary/aromatic N) is 2. The van der Waals surface area contributed by atoms with Gasteiger partial charge in [-0.3, -0.25) is 9.59 Å². The van der Waals surface area contributed by atoms with Gasteiger partial charge in [-0.1, -0.05) is 17.7 Å². The number of hydrogen-bond acceptors (Lipinski definition) is 3. The molecule has 1 aromatic heterocycles. The standard InChI is InChI=1S/C22H21ClN4O2/c1-14-11-18(15(2)27(14)21-9-7-19(23)8-10-21)13-24-26-22(29)17-5-4-6-20(12-17)25-16(3)28/h4-13H,1-3H3,(H,25,28)(H,26,29). The van der Waals surface area contributed by atoms with Gasteiger partial charge in [0.25, 0.3) is 5.91 Å². The molecule has 0 spiro atoms. The van der Waals surface area contributed by atoms with E-state index in [-0.39, 0.29) is 11.8 Å². The van der Waals surface area contributed by atoms with Crippen molar-refractivity contribution >= 4 is 35.3 Å². The van der Waals surface area contributed by atoms with E-state index in [1.807, 2.05) is 44.2 Å². The van der Waals surface area contributed by atoms with Gasteiger partial charge in [-0.05, 0) is 62.4 Å². The van der Waals surface area contributed by atoms with Crippen molar-refractivity contribution in [1.29, 1.82) is 0 Å². The van der Waals surface area contributed by atoms with Gasteiger partial charge in [0.15, 0.2) is 0 Å². The van der Waals surface area contributed by atoms with E-state index >= 15 is 0 Å². The molecule has 148 valence electrons. The van der Waals surface area contributed by atoms with Crippen LogP contribution in [0, 0.1) is 13.8 Å². The van der Waals surface area contributed by atoms with Crippen molar-refractivity contribution in [3.63, 3.8) is 0 Å². The van der Waals surface area contributed by atoms with Crippen molar-refractivity contribution in [2.45, 2.75) is 20.8 Å². The lowest BCUT2D eigenvalue weighted by Gasteiger charge is -2.09. The molecule has 0 radical (unpaired) electrons. The average molecular weight is 409 g/mol. The topological polar surface area (TPSA) is 75.5 Å². The van der Waals surface area contributed by atoms with E-state index in [1.54, 1.807) is 30.5 Å². The van der Waals surface area contributed by atoms with Gasteiger partial charge in [0.05, 0.1) is 6.21 Å². The molecule has 2 N–H and O–H groups in total. The molecule has 3 rings (SSSR count). The Hall–Kier alpha value is -3.38. The number of nitrogens with one attached hydrogen (secondary N) is 2. The number of hydrazone groups is 1. The molecule has 2 amide bonds. The molecule has 0 saturated heterocycles. The highest BCUT2D eigenvalue weighted by Crippen LogP contribution is 2.21. The molecular weight excluding hydrogens is 388 g/mol. The average Bonchev–Trinajstić information content (AvgIpc) is 2.96. The molecule has 6 nitrogen and oxygen atoms in total. The maximum Gasteiger partial charge on any atom is 0.271 e. The Morgan fingerprint density at radius 1 is 1.07 bits per heavy atom. The summed E-state index contributed by atoms with van der Waals surface area (Å²) in [7, 11) is 0. The molecule has 0 aliphatic heterocycles. The van der Waals surface area contributed by atoms with E-state index in [0.717, 1.165) is 22.6 Å². The largest absolute Gasteiger partial charge is 0.326 e. The van der Waals surface area contributed by atoms with Crippen molar-refractivity contribution < 1.29 is 9.59 Å². The fourth-order valence-electron chi connectivity index (χ4n) is 3.07. The summed E-state index contributed by atoms with van der Waals surface area (Å²) in [6.45, 7) is 5.41. The van der Waals surface area contributed by atoms with Gasteiger partial charge in [-0.15, -0.1) is 0 Å². The number of carbonyl (C=O) groups is 2. The minimum atomic E-state index is -0.361. The van der Waals surface area contributed by atoms with Crippen LogP contribution in [-0.4, -0.2) is 22.6 Å². The van der Waals surface area contributed by atoms with Crippen LogP contribution in [0.15, 0.2) is 59.7 Å². The number of rotatable bonds is 5. The Bertz CT molecular complexity index is 1080. The third kappa shape index (κ3) is 4.92. The summed E-state index contributed by atoms with van der Waals surface area (Å²) < 4.78 is 2.09. The molecule has 1 heterocycles. The number of amides is 2. The van der Waals surface area contributed by atoms with E-state index in [9.17, 15) is 9.59 Å². The molecule has 0 aliphatic rings. The predicted octanol–water partition coefficient (Wildman–Crippen LogP) is 4.47. The molecule has 29 heavy (non-hydrogen) atoms. The Morgan fingerprint density at radius 2 is 1.79 bits per heavy atom. The quantitative estimate of drug-likeness (QED) is 0.482. The maximum atomic E-state index is 12.3. The van der Waals surface area contributed by atoms with Gasteiger partial charge in [-0.2, -0.15) is 5.10 Å². The molecule has 0 aliphatic carbocycles. The Kier molecular flexibility index (Phi) is 6.14. The van der Waals surface area contributed by atoms with Gasteiger partial charge in [0.2, 0.25) is 5.91 Å². The highest BCUT2D eigenvalue weighted by atomic mass is 35.5. The summed E-state index contributed by atoms with van der Waals surface area (Å²) in [6.07, 6.45) is 1.62. The van der Waals surface area contributed by atoms with Gasteiger partial charge in [-0.25, -0.2) is 5.43 Å². The molecule has 0 fully saturated rings. The fraction of sp³-hybridized carbons (Fsp3) is 0.136. The van der Waals surface area contributed by atoms with E-state index in [4.69, 9.17) is 11.6 Å². The first-order valence-electron chi connectivity index (χ1n) is 9.01. The smallest absolute Gasteiger partial charge is 0.271 e. The highest BCUT2D eigenvalue weighted by molar-refractivity contribution is 6.30. The second-order valence-electron chi connectivity index (χ2n) is 6.60. The van der Waals surface area contributed by atoms with E-state index in [0.29, 0.717) is 16.3 Å². The van der Waals surface area contributed by atoms with Crippen molar-refractivity contribution in [3.05, 3.63) is 82.1 Å². The van der Waals surface area contributed by atoms with Crippen LogP contribution in [0.2, 0.25) is 5.02 Å². The normalized spacial score (nSPS) is 10.9. The number of halogens is 1. The summed E-state index contributed by atoms with van der Waals surface area (Å²) in [5.41, 5.74) is 7.42. The van der Waals surface area contributed by atoms with Crippen molar-refractivity contribution in [3.8, 4) is 5.69 Å². The maximum absolute atomic E-state index is 12.3. The summed E-state index contributed by atoms with van der Waals surface area (Å²) in [5.74, 6) is -0.559. The molecule has 0 saturated carbocycles. The molecule has 2 aromatic carbocycles. The van der Waals surface area contributed by atoms with Crippen LogP contribution in [0.4, 0.5) is 5.69 Å². The van der Waals surface area contributed by atoms with Gasteiger partial charge in [0, 0.05) is 45.8 Å². The van der Waals surface area contributed by atoms with Crippen LogP contribution >= 0.6 is 11.6 Å². The zero-order valence-corrected chi connectivity index (χ0v) is 17.1. The van der Waals surface area contributed by atoms with Gasteiger partial charge < -0.3 is 9.88 Å². The minimum Gasteiger partial charge on any atom is -0.326 e. The molecule has 0 unspecified atom stereocenters. The summed E-state index contributed by atoms with van der Waals surface area (Å²) in [5, 5.41) is 7.42. The van der Waals surface area contributed by atoms with Crippen molar-refractivity contribution in [2.75, 3.05) is 5.32 Å². The molecular formula is C22H21ClN4O2. The van der Waals surface area contributed by atoms with E-state index in [1.165, 1.54) is 6.92 Å². The lowest BCUT2D eigenvalue weighted by Crippen LogP contribution is -2.18. The van der Waals surface area contributed by atoms with Gasteiger partial charge in [0.1, 0.15) is 0 Å². The predicted molar refractivity (Wildman–Crippen MR) is 116 cm³/mol. The number of aryl methyl sites for hydroxylation is 1. The number of carbonyl (C=O) groups excluding carboxylic acids is 2. The summed E-state index contributed by atoms with van der Waals surface area (Å²) >= 11 is 5.98. The van der Waals surface area contributed by atoms with E-state index < -0.39 is 0 Å². The van der Waals surface area contributed by atoms with Crippen molar-refractivity contribution in [1.82, 2.24) is 9.99 Å². The monoisotopic (exact) mass is 408 g/mol. The first-order valence-corrected chi connectivity index (χ1v) is 9.39. The second kappa shape index (κ2) is 8.75. The molecule has 0 atom stereocenters. The number of aromatic nitrogens is 1. The number of hydrogen-bond donors (Lipinski definition) is 2. The fourth-order valence-corrected chi connectivity index (χ4v) is 3.20. The number of benzene rings is 2. The first-order chi connectivity index (χ1) is 13.8. The molecule has 7 heteroatoms. The molecule has 0 bridgehead atoms. The summed E-state index contributed by atoms with van der Waals surface area (Å²) in [4.78, 5) is 23.5. The third-order valence-corrected chi connectivity index (χ3v) is 4.62. The summed E-state index contributed by atoms with van der Waals surface area (Å²) in [6, 6.07) is 16.3. The molecule has 3 aromatic rings. The van der Waals surface area contributed by atoms with E-state index in [2.05, 4.69) is 20.4 Å². The van der Waals surface area contributed by atoms with Crippen LogP contribution in [0.5, 0.6) is 0 Å². The van der Waals surface area contributed by atoms with Crippen LogP contribution in [0.25, 0.3) is 5.69 Å². The Labute approximate surface area is 174 Å². The van der Waals surface area contributed by atoms with Crippen LogP contribution in [0.1, 0.15) is 34.2 Å².